The maximum absolute atomic E-state index is 12.6. The Morgan fingerprint density at radius 3 is 2.67 bits per heavy atom. The number of amides is 1. The minimum Gasteiger partial charge on any atom is -0.378 e. The minimum atomic E-state index is -0.689. The number of ether oxygens (including phenoxy) is 1. The van der Waals surface area contributed by atoms with E-state index in [0.717, 1.165) is 6.54 Å². The van der Waals surface area contributed by atoms with Crippen LogP contribution in [0.1, 0.15) is 32.4 Å². The highest BCUT2D eigenvalue weighted by Gasteiger charge is 2.31. The first kappa shape index (κ1) is 24.0. The molecule has 1 atom stereocenters. The number of morpholine rings is 1. The fraction of sp³-hybridized carbons (Fsp3) is 0.400. The molecule has 30 heavy (non-hydrogen) atoms. The van der Waals surface area contributed by atoms with Crippen LogP contribution in [-0.4, -0.2) is 43.7 Å². The monoisotopic (exact) mass is 426 g/mol. The second-order valence-corrected chi connectivity index (χ2v) is 7.90. The molecule has 0 radical (unpaired) electrons. The first-order valence-electron chi connectivity index (χ1n) is 10.2. The van der Waals surface area contributed by atoms with Crippen molar-refractivity contribution in [1.29, 1.82) is 0 Å². The topological polar surface area (TPSA) is 41.6 Å². The third-order valence-corrected chi connectivity index (χ3v) is 5.25. The van der Waals surface area contributed by atoms with Crippen molar-refractivity contribution >= 4 is 29.1 Å². The summed E-state index contributed by atoms with van der Waals surface area (Å²) in [5.74, 6) is 6.22. The fourth-order valence-electron chi connectivity index (χ4n) is 3.54. The van der Waals surface area contributed by atoms with Crippen molar-refractivity contribution in [2.45, 2.75) is 26.8 Å². The molecule has 4 nitrogen and oxygen atoms in total. The number of nitrogens with one attached hydrogen (secondary N) is 1. The van der Waals surface area contributed by atoms with Crippen LogP contribution < -0.4 is 5.32 Å². The van der Waals surface area contributed by atoms with Crippen LogP contribution in [0.4, 0.5) is 0 Å². The van der Waals surface area contributed by atoms with E-state index in [1.165, 1.54) is 16.3 Å². The Kier molecular flexibility index (Phi) is 8.92. The molecule has 0 unspecified atom stereocenters. The van der Waals surface area contributed by atoms with E-state index < -0.39 is 5.41 Å². The molecule has 0 aliphatic carbocycles. The summed E-state index contributed by atoms with van der Waals surface area (Å²) in [7, 11) is 0. The van der Waals surface area contributed by atoms with Gasteiger partial charge in [-0.2, -0.15) is 0 Å². The van der Waals surface area contributed by atoms with E-state index in [4.69, 9.17) is 4.74 Å². The van der Waals surface area contributed by atoms with Crippen molar-refractivity contribution in [2.24, 2.45) is 5.41 Å². The molecular weight excluding hydrogens is 396 g/mol. The van der Waals surface area contributed by atoms with Crippen LogP contribution in [0.2, 0.25) is 0 Å². The van der Waals surface area contributed by atoms with Crippen molar-refractivity contribution < 1.29 is 9.53 Å². The number of hydrogen-bond acceptors (Lipinski definition) is 3. The van der Waals surface area contributed by atoms with Crippen molar-refractivity contribution in [2.75, 3.05) is 32.8 Å². The maximum Gasteiger partial charge on any atom is 0.240 e. The molecule has 1 N–H and O–H groups in total. The van der Waals surface area contributed by atoms with Crippen LogP contribution in [-0.2, 0) is 9.53 Å². The minimum absolute atomic E-state index is 0. The predicted octanol–water partition coefficient (Wildman–Crippen LogP) is 4.36. The highest BCUT2D eigenvalue weighted by molar-refractivity contribution is 5.86. The van der Waals surface area contributed by atoms with Gasteiger partial charge in [-0.15, -0.1) is 12.4 Å². The van der Waals surface area contributed by atoms with E-state index in [-0.39, 0.29) is 24.4 Å². The van der Waals surface area contributed by atoms with Gasteiger partial charge in [0.15, 0.2) is 0 Å². The lowest BCUT2D eigenvalue weighted by atomic mass is 9.92. The van der Waals surface area contributed by atoms with E-state index in [0.29, 0.717) is 26.3 Å². The standard InChI is InChI=1S/C25H30N2O2.ClH/c1-20(22-13-9-11-21-10-5-6-12-23(21)22)26-15-8-4-7-14-25(2,3)24(28)27-16-18-29-19-17-27;/h4-6,8-13,20,26H,15-19H2,1-3H3;1H/t20-;/m1./s1. The third kappa shape index (κ3) is 6.09. The number of hydrogen-bond donors (Lipinski definition) is 1. The Labute approximate surface area is 186 Å². The van der Waals surface area contributed by atoms with Gasteiger partial charge in [-0.25, -0.2) is 0 Å². The molecule has 1 saturated heterocycles. The van der Waals surface area contributed by atoms with E-state index in [2.05, 4.69) is 66.5 Å². The van der Waals surface area contributed by atoms with Gasteiger partial charge < -0.3 is 15.0 Å². The van der Waals surface area contributed by atoms with Crippen LogP contribution in [0.15, 0.2) is 54.6 Å². The average molecular weight is 427 g/mol. The van der Waals surface area contributed by atoms with Gasteiger partial charge >= 0.3 is 0 Å². The zero-order chi connectivity index (χ0) is 20.7. The van der Waals surface area contributed by atoms with Gasteiger partial charge in [-0.1, -0.05) is 60.4 Å². The molecule has 0 spiro atoms. The Morgan fingerprint density at radius 1 is 1.20 bits per heavy atom. The second-order valence-electron chi connectivity index (χ2n) is 7.90. The number of nitrogens with zero attached hydrogens (tertiary/aromatic N) is 1. The summed E-state index contributed by atoms with van der Waals surface area (Å²) in [6.45, 7) is 9.16. The highest BCUT2D eigenvalue weighted by atomic mass is 35.5. The first-order valence-corrected chi connectivity index (χ1v) is 10.2. The molecule has 0 bridgehead atoms. The summed E-state index contributed by atoms with van der Waals surface area (Å²) in [6, 6.07) is 15.1. The van der Waals surface area contributed by atoms with Gasteiger partial charge in [0.05, 0.1) is 13.2 Å². The molecule has 1 amide bonds. The average Bonchev–Trinajstić information content (AvgIpc) is 2.75. The molecule has 2 aromatic carbocycles. The molecule has 160 valence electrons. The lowest BCUT2D eigenvalue weighted by molar-refractivity contribution is -0.141. The smallest absolute Gasteiger partial charge is 0.240 e. The largest absolute Gasteiger partial charge is 0.378 e. The Balaban J connectivity index is 0.00000320. The van der Waals surface area contributed by atoms with Crippen LogP contribution in [0.25, 0.3) is 10.8 Å². The SMILES string of the molecule is C[C@@H](NCC=CC#CC(C)(C)C(=O)N1CCOCC1)c1cccc2ccccc12.Cl. The van der Waals surface area contributed by atoms with Gasteiger partial charge in [0.25, 0.3) is 0 Å². The van der Waals surface area contributed by atoms with Crippen LogP contribution in [0.5, 0.6) is 0 Å². The van der Waals surface area contributed by atoms with E-state index in [1.54, 1.807) is 0 Å². The molecule has 1 fully saturated rings. The third-order valence-electron chi connectivity index (χ3n) is 5.25. The fourth-order valence-corrected chi connectivity index (χ4v) is 3.54. The van der Waals surface area contributed by atoms with Crippen LogP contribution in [0.3, 0.4) is 0 Å². The Bertz CT molecular complexity index is 932. The summed E-state index contributed by atoms with van der Waals surface area (Å²) in [4.78, 5) is 14.5. The molecule has 0 saturated carbocycles. The molecule has 1 aliphatic heterocycles. The van der Waals surface area contributed by atoms with Gasteiger partial charge in [-0.3, -0.25) is 4.79 Å². The van der Waals surface area contributed by atoms with E-state index >= 15 is 0 Å². The van der Waals surface area contributed by atoms with Crippen molar-refractivity contribution in [3.05, 3.63) is 60.2 Å². The summed E-state index contributed by atoms with van der Waals surface area (Å²) < 4.78 is 5.31. The molecular formula is C25H31ClN2O2. The van der Waals surface area contributed by atoms with Crippen molar-refractivity contribution in [3.63, 3.8) is 0 Å². The molecule has 1 heterocycles. The molecule has 5 heteroatoms. The number of benzene rings is 2. The zero-order valence-electron chi connectivity index (χ0n) is 18.0. The lowest BCUT2D eigenvalue weighted by Crippen LogP contribution is -2.46. The Morgan fingerprint density at radius 2 is 1.90 bits per heavy atom. The number of rotatable bonds is 5. The molecule has 0 aromatic heterocycles. The van der Waals surface area contributed by atoms with Gasteiger partial charge in [0.1, 0.15) is 5.41 Å². The maximum atomic E-state index is 12.6. The predicted molar refractivity (Wildman–Crippen MR) is 126 cm³/mol. The summed E-state index contributed by atoms with van der Waals surface area (Å²) in [6.07, 6.45) is 3.83. The summed E-state index contributed by atoms with van der Waals surface area (Å²) in [5.41, 5.74) is 0.602. The van der Waals surface area contributed by atoms with Crippen LogP contribution >= 0.6 is 12.4 Å². The van der Waals surface area contributed by atoms with Gasteiger partial charge in [0, 0.05) is 25.7 Å². The zero-order valence-corrected chi connectivity index (χ0v) is 18.8. The Hall–Kier alpha value is -2.32. The lowest BCUT2D eigenvalue weighted by Gasteiger charge is -2.31. The van der Waals surface area contributed by atoms with Gasteiger partial charge in [-0.05, 0) is 43.2 Å². The van der Waals surface area contributed by atoms with Crippen LogP contribution in [0, 0.1) is 17.3 Å². The number of carbonyl (C=O) groups excluding carboxylic acids is 1. The first-order chi connectivity index (χ1) is 14.0. The second kappa shape index (κ2) is 11.2. The molecule has 3 rings (SSSR count). The van der Waals surface area contributed by atoms with E-state index in [1.807, 2.05) is 30.9 Å². The number of halogens is 1. The summed E-state index contributed by atoms with van der Waals surface area (Å²) in [5, 5.41) is 6.06. The molecule has 1 aliphatic rings. The highest BCUT2D eigenvalue weighted by Crippen LogP contribution is 2.24. The van der Waals surface area contributed by atoms with E-state index in [9.17, 15) is 4.79 Å². The quantitative estimate of drug-likeness (QED) is 0.722. The number of carbonyl (C=O) groups is 1. The summed E-state index contributed by atoms with van der Waals surface area (Å²) >= 11 is 0. The number of allylic oxidation sites excluding steroid dienone is 1. The normalized spacial score (nSPS) is 15.4. The van der Waals surface area contributed by atoms with Crippen molar-refractivity contribution in [3.8, 4) is 11.8 Å². The molecule has 2 aromatic rings. The van der Waals surface area contributed by atoms with Crippen molar-refractivity contribution in [1.82, 2.24) is 10.2 Å². The van der Waals surface area contributed by atoms with Gasteiger partial charge in [0.2, 0.25) is 5.91 Å². The number of fused-ring (bicyclic) bond motifs is 1.